The molecule has 1 aromatic carbocycles. The summed E-state index contributed by atoms with van der Waals surface area (Å²) in [5.41, 5.74) is 7.44. The average Bonchev–Trinajstić information content (AvgIpc) is 2.72. The number of hydrogen-bond acceptors (Lipinski definition) is 3. The van der Waals surface area contributed by atoms with Gasteiger partial charge in [-0.05, 0) is 44.0 Å². The lowest BCUT2D eigenvalue weighted by molar-refractivity contribution is 0.0740. The molecule has 1 amide bonds. The topological polar surface area (TPSA) is 49.6 Å². The quantitative estimate of drug-likeness (QED) is 0.907. The summed E-state index contributed by atoms with van der Waals surface area (Å²) in [6.45, 7) is 2.26. The Morgan fingerprint density at radius 1 is 1.19 bits per heavy atom. The van der Waals surface area contributed by atoms with E-state index in [1.165, 1.54) is 12.8 Å². The molecular weight excluding hydrogens is 286 g/mol. The summed E-state index contributed by atoms with van der Waals surface area (Å²) in [5.74, 6) is 0.162. The van der Waals surface area contributed by atoms with Crippen LogP contribution in [0.3, 0.4) is 0 Å². The maximum atomic E-state index is 12.6. The van der Waals surface area contributed by atoms with Crippen molar-refractivity contribution < 1.29 is 4.79 Å². The Morgan fingerprint density at radius 3 is 2.52 bits per heavy atom. The molecule has 2 heterocycles. The van der Waals surface area contributed by atoms with Crippen molar-refractivity contribution in [2.45, 2.75) is 37.9 Å². The highest BCUT2D eigenvalue weighted by Crippen LogP contribution is 2.29. The standard InChI is InChI=1S/C16H23N3O.ClH/c1-18-14-6-7-15(18)11-19(9-8-14)16(20)13-4-2-12(10-17)3-5-13;/h2-5,14-15H,6-11,17H2,1H3;1H. The van der Waals surface area contributed by atoms with Crippen LogP contribution in [0.15, 0.2) is 24.3 Å². The summed E-state index contributed by atoms with van der Waals surface area (Å²) < 4.78 is 0. The highest BCUT2D eigenvalue weighted by atomic mass is 35.5. The van der Waals surface area contributed by atoms with Gasteiger partial charge >= 0.3 is 0 Å². The lowest BCUT2D eigenvalue weighted by Gasteiger charge is -2.26. The largest absolute Gasteiger partial charge is 0.337 e. The molecule has 2 aliphatic heterocycles. The Bertz CT molecular complexity index is 491. The molecule has 1 aromatic rings. The van der Waals surface area contributed by atoms with E-state index in [9.17, 15) is 4.79 Å². The number of amides is 1. The molecule has 0 aromatic heterocycles. The van der Waals surface area contributed by atoms with E-state index in [4.69, 9.17) is 5.73 Å². The zero-order chi connectivity index (χ0) is 14.1. The maximum absolute atomic E-state index is 12.6. The van der Waals surface area contributed by atoms with Crippen molar-refractivity contribution in [3.63, 3.8) is 0 Å². The zero-order valence-electron chi connectivity index (χ0n) is 12.5. The third-order valence-electron chi connectivity index (χ3n) is 4.87. The normalized spacial score (nSPS) is 25.3. The van der Waals surface area contributed by atoms with Gasteiger partial charge in [0.25, 0.3) is 5.91 Å². The smallest absolute Gasteiger partial charge is 0.253 e. The van der Waals surface area contributed by atoms with E-state index in [0.717, 1.165) is 30.6 Å². The van der Waals surface area contributed by atoms with Crippen LogP contribution in [0.1, 0.15) is 35.2 Å². The Labute approximate surface area is 132 Å². The molecule has 0 saturated carbocycles. The molecular formula is C16H24ClN3O. The van der Waals surface area contributed by atoms with Gasteiger partial charge in [-0.3, -0.25) is 9.69 Å². The summed E-state index contributed by atoms with van der Waals surface area (Å²) in [4.78, 5) is 17.1. The first-order valence-electron chi connectivity index (χ1n) is 7.49. The zero-order valence-corrected chi connectivity index (χ0v) is 13.3. The van der Waals surface area contributed by atoms with E-state index in [0.29, 0.717) is 18.6 Å². The van der Waals surface area contributed by atoms with Crippen molar-refractivity contribution in [2.75, 3.05) is 20.1 Å². The summed E-state index contributed by atoms with van der Waals surface area (Å²) in [6, 6.07) is 8.90. The first kappa shape index (κ1) is 16.3. The second kappa shape index (κ2) is 6.77. The average molecular weight is 310 g/mol. The molecule has 0 spiro atoms. The summed E-state index contributed by atoms with van der Waals surface area (Å²) >= 11 is 0. The number of carbonyl (C=O) groups is 1. The van der Waals surface area contributed by atoms with Crippen LogP contribution in [0.25, 0.3) is 0 Å². The van der Waals surface area contributed by atoms with Crippen LogP contribution in [0.4, 0.5) is 0 Å². The summed E-state index contributed by atoms with van der Waals surface area (Å²) in [5, 5.41) is 0. The third-order valence-corrected chi connectivity index (χ3v) is 4.87. The number of rotatable bonds is 2. The minimum Gasteiger partial charge on any atom is -0.337 e. The van der Waals surface area contributed by atoms with Gasteiger partial charge in [0, 0.05) is 37.3 Å². The third kappa shape index (κ3) is 3.23. The molecule has 2 aliphatic rings. The first-order chi connectivity index (χ1) is 9.69. The van der Waals surface area contributed by atoms with Gasteiger partial charge < -0.3 is 10.6 Å². The van der Waals surface area contributed by atoms with Crippen molar-refractivity contribution >= 4 is 18.3 Å². The number of fused-ring (bicyclic) bond motifs is 2. The highest BCUT2D eigenvalue weighted by molar-refractivity contribution is 5.94. The van der Waals surface area contributed by atoms with Crippen molar-refractivity contribution in [3.05, 3.63) is 35.4 Å². The number of carbonyl (C=O) groups excluding carboxylic acids is 1. The Kier molecular flexibility index (Phi) is 5.25. The molecule has 2 atom stereocenters. The Balaban J connectivity index is 0.00000161. The van der Waals surface area contributed by atoms with Crippen LogP contribution in [0, 0.1) is 0 Å². The van der Waals surface area contributed by atoms with Crippen LogP contribution in [0.5, 0.6) is 0 Å². The van der Waals surface area contributed by atoms with Crippen LogP contribution in [-0.4, -0.2) is 47.9 Å². The minimum atomic E-state index is 0. The number of benzene rings is 1. The van der Waals surface area contributed by atoms with Crippen LogP contribution in [-0.2, 0) is 6.54 Å². The molecule has 4 nitrogen and oxygen atoms in total. The lowest BCUT2D eigenvalue weighted by Crippen LogP contribution is -2.39. The highest BCUT2D eigenvalue weighted by Gasteiger charge is 2.36. The fraction of sp³-hybridized carbons (Fsp3) is 0.562. The first-order valence-corrected chi connectivity index (χ1v) is 7.49. The predicted octanol–water partition coefficient (Wildman–Crippen LogP) is 1.88. The van der Waals surface area contributed by atoms with Gasteiger partial charge in [0.05, 0.1) is 0 Å². The second-order valence-electron chi connectivity index (χ2n) is 5.99. The SMILES string of the molecule is CN1C2CCC1CN(C(=O)c1ccc(CN)cc1)CC2.Cl. The number of nitrogens with two attached hydrogens (primary N) is 1. The molecule has 2 fully saturated rings. The van der Waals surface area contributed by atoms with Gasteiger partial charge in [-0.1, -0.05) is 12.1 Å². The van der Waals surface area contributed by atoms with E-state index in [1.54, 1.807) is 0 Å². The number of likely N-dealkylation sites (N-methyl/N-ethyl adjacent to an activating group) is 1. The van der Waals surface area contributed by atoms with E-state index >= 15 is 0 Å². The molecule has 2 saturated heterocycles. The van der Waals surface area contributed by atoms with Crippen molar-refractivity contribution in [3.8, 4) is 0 Å². The minimum absolute atomic E-state index is 0. The van der Waals surface area contributed by atoms with E-state index in [1.807, 2.05) is 29.2 Å². The number of likely N-dealkylation sites (tertiary alicyclic amines) is 1. The maximum Gasteiger partial charge on any atom is 0.253 e. The Morgan fingerprint density at radius 2 is 1.86 bits per heavy atom. The lowest BCUT2D eigenvalue weighted by atomic mass is 10.1. The Hall–Kier alpha value is -1.10. The fourth-order valence-electron chi connectivity index (χ4n) is 3.46. The van der Waals surface area contributed by atoms with Gasteiger partial charge in [-0.2, -0.15) is 0 Å². The van der Waals surface area contributed by atoms with Crippen LogP contribution >= 0.6 is 12.4 Å². The summed E-state index contributed by atoms with van der Waals surface area (Å²) in [6.07, 6.45) is 3.60. The molecule has 0 radical (unpaired) electrons. The summed E-state index contributed by atoms with van der Waals surface area (Å²) in [7, 11) is 2.20. The van der Waals surface area contributed by atoms with Crippen molar-refractivity contribution in [1.29, 1.82) is 0 Å². The van der Waals surface area contributed by atoms with Crippen molar-refractivity contribution in [1.82, 2.24) is 9.80 Å². The molecule has 2 bridgehead atoms. The number of hydrogen-bond donors (Lipinski definition) is 1. The van der Waals surface area contributed by atoms with Gasteiger partial charge in [-0.25, -0.2) is 0 Å². The second-order valence-corrected chi connectivity index (χ2v) is 5.99. The van der Waals surface area contributed by atoms with Gasteiger partial charge in [0.1, 0.15) is 0 Å². The number of halogens is 1. The molecule has 0 aliphatic carbocycles. The van der Waals surface area contributed by atoms with Crippen LogP contribution in [0.2, 0.25) is 0 Å². The van der Waals surface area contributed by atoms with E-state index in [-0.39, 0.29) is 18.3 Å². The van der Waals surface area contributed by atoms with Crippen molar-refractivity contribution in [2.24, 2.45) is 5.73 Å². The fourth-order valence-corrected chi connectivity index (χ4v) is 3.46. The molecule has 3 rings (SSSR count). The van der Waals surface area contributed by atoms with E-state index < -0.39 is 0 Å². The number of nitrogens with zero attached hydrogens (tertiary/aromatic N) is 2. The monoisotopic (exact) mass is 309 g/mol. The molecule has 2 N–H and O–H groups in total. The predicted molar refractivity (Wildman–Crippen MR) is 86.7 cm³/mol. The molecule has 2 unspecified atom stereocenters. The van der Waals surface area contributed by atoms with Gasteiger partial charge in [0.2, 0.25) is 0 Å². The van der Waals surface area contributed by atoms with Gasteiger partial charge in [-0.15, -0.1) is 12.4 Å². The van der Waals surface area contributed by atoms with Gasteiger partial charge in [0.15, 0.2) is 0 Å². The van der Waals surface area contributed by atoms with E-state index in [2.05, 4.69) is 11.9 Å². The molecule has 116 valence electrons. The molecule has 5 heteroatoms. The van der Waals surface area contributed by atoms with Crippen LogP contribution < -0.4 is 5.73 Å². The molecule has 21 heavy (non-hydrogen) atoms.